The predicted octanol–water partition coefficient (Wildman–Crippen LogP) is 1.78. The Morgan fingerprint density at radius 2 is 1.96 bits per heavy atom. The highest BCUT2D eigenvalue weighted by molar-refractivity contribution is 6.06. The summed E-state index contributed by atoms with van der Waals surface area (Å²) in [4.78, 5) is 34.8. The lowest BCUT2D eigenvalue weighted by Gasteiger charge is -2.22. The van der Waals surface area contributed by atoms with Crippen molar-refractivity contribution in [3.63, 3.8) is 0 Å². The molecule has 2 N–H and O–H groups in total. The maximum Gasteiger partial charge on any atom is 0.273 e. The summed E-state index contributed by atoms with van der Waals surface area (Å²) in [5.41, 5.74) is 5.86. The van der Waals surface area contributed by atoms with Gasteiger partial charge in [-0.3, -0.25) is 19.6 Å². The predicted molar refractivity (Wildman–Crippen MR) is 99.0 cm³/mol. The Kier molecular flexibility index (Phi) is 4.42. The van der Waals surface area contributed by atoms with E-state index in [9.17, 15) is 9.59 Å². The Labute approximate surface area is 155 Å². The molecule has 2 aromatic heterocycles. The number of carbonyl (C=O) groups excluding carboxylic acids is 2. The molecule has 0 saturated carbocycles. The molecule has 0 unspecified atom stereocenters. The van der Waals surface area contributed by atoms with Crippen molar-refractivity contribution >= 4 is 22.6 Å². The van der Waals surface area contributed by atoms with Gasteiger partial charge in [-0.2, -0.15) is 0 Å². The third kappa shape index (κ3) is 3.31. The van der Waals surface area contributed by atoms with Gasteiger partial charge in [0.1, 0.15) is 23.6 Å². The minimum atomic E-state index is -0.736. The Morgan fingerprint density at radius 1 is 1.11 bits per heavy atom. The zero-order chi connectivity index (χ0) is 18.8. The molecule has 0 aliphatic carbocycles. The SMILES string of the molecule is NC(=O)[C@@H]1C[C@H](Oc2cccnc2)CN1C(=O)c1nccc2ccccc12. The summed E-state index contributed by atoms with van der Waals surface area (Å²) in [6.07, 6.45) is 4.83. The summed E-state index contributed by atoms with van der Waals surface area (Å²) in [5, 5.41) is 1.65. The molecular formula is C20H18N4O3. The number of benzene rings is 1. The Morgan fingerprint density at radius 3 is 2.74 bits per heavy atom. The van der Waals surface area contributed by atoms with E-state index in [4.69, 9.17) is 10.5 Å². The molecule has 7 heteroatoms. The van der Waals surface area contributed by atoms with E-state index >= 15 is 0 Å². The van der Waals surface area contributed by atoms with Crippen LogP contribution in [0.5, 0.6) is 5.75 Å². The zero-order valence-corrected chi connectivity index (χ0v) is 14.5. The molecule has 27 heavy (non-hydrogen) atoms. The number of likely N-dealkylation sites (tertiary alicyclic amines) is 1. The highest BCUT2D eigenvalue weighted by Gasteiger charge is 2.40. The molecule has 1 aliphatic rings. The fourth-order valence-electron chi connectivity index (χ4n) is 3.41. The van der Waals surface area contributed by atoms with Gasteiger partial charge in [0.15, 0.2) is 0 Å². The quantitative estimate of drug-likeness (QED) is 0.763. The number of nitrogens with two attached hydrogens (primary N) is 1. The molecule has 1 saturated heterocycles. The van der Waals surface area contributed by atoms with Crippen molar-refractivity contribution in [2.45, 2.75) is 18.6 Å². The lowest BCUT2D eigenvalue weighted by molar-refractivity contribution is -0.121. The molecule has 1 aromatic carbocycles. The van der Waals surface area contributed by atoms with E-state index in [1.165, 1.54) is 4.90 Å². The molecule has 0 radical (unpaired) electrons. The molecule has 3 aromatic rings. The average Bonchev–Trinajstić information content (AvgIpc) is 3.12. The van der Waals surface area contributed by atoms with E-state index < -0.39 is 11.9 Å². The van der Waals surface area contributed by atoms with Crippen molar-refractivity contribution in [1.82, 2.24) is 14.9 Å². The maximum atomic E-state index is 13.2. The average molecular weight is 362 g/mol. The van der Waals surface area contributed by atoms with Crippen molar-refractivity contribution in [3.8, 4) is 5.75 Å². The summed E-state index contributed by atoms with van der Waals surface area (Å²) in [7, 11) is 0. The highest BCUT2D eigenvalue weighted by atomic mass is 16.5. The first-order valence-electron chi connectivity index (χ1n) is 8.64. The fraction of sp³-hybridized carbons (Fsp3) is 0.200. The fourth-order valence-corrected chi connectivity index (χ4v) is 3.41. The van der Waals surface area contributed by atoms with E-state index in [2.05, 4.69) is 9.97 Å². The van der Waals surface area contributed by atoms with Gasteiger partial charge in [-0.1, -0.05) is 24.3 Å². The maximum absolute atomic E-state index is 13.2. The molecule has 1 aliphatic heterocycles. The van der Waals surface area contributed by atoms with Gasteiger partial charge in [-0.15, -0.1) is 0 Å². The first-order valence-corrected chi connectivity index (χ1v) is 8.64. The Bertz CT molecular complexity index is 987. The van der Waals surface area contributed by atoms with E-state index in [0.29, 0.717) is 17.9 Å². The van der Waals surface area contributed by atoms with Gasteiger partial charge < -0.3 is 15.4 Å². The van der Waals surface area contributed by atoms with Crippen LogP contribution < -0.4 is 10.5 Å². The largest absolute Gasteiger partial charge is 0.487 e. The molecule has 2 amide bonds. The van der Waals surface area contributed by atoms with Crippen molar-refractivity contribution in [3.05, 3.63) is 66.7 Å². The second kappa shape index (κ2) is 7.03. The van der Waals surface area contributed by atoms with Crippen molar-refractivity contribution in [1.29, 1.82) is 0 Å². The van der Waals surface area contributed by atoms with E-state index in [-0.39, 0.29) is 18.6 Å². The third-order valence-electron chi connectivity index (χ3n) is 4.67. The molecule has 136 valence electrons. The van der Waals surface area contributed by atoms with Gasteiger partial charge in [0.05, 0.1) is 12.7 Å². The first-order chi connectivity index (χ1) is 13.1. The number of primary amides is 1. The number of carbonyl (C=O) groups is 2. The van der Waals surface area contributed by atoms with Crippen LogP contribution in [0.3, 0.4) is 0 Å². The number of hydrogen-bond acceptors (Lipinski definition) is 5. The lowest BCUT2D eigenvalue weighted by atomic mass is 10.1. The van der Waals surface area contributed by atoms with Crippen LogP contribution in [-0.4, -0.2) is 45.4 Å². The summed E-state index contributed by atoms with van der Waals surface area (Å²) < 4.78 is 5.87. The van der Waals surface area contributed by atoms with E-state index in [1.807, 2.05) is 30.3 Å². The van der Waals surface area contributed by atoms with Crippen LogP contribution >= 0.6 is 0 Å². The molecule has 0 spiro atoms. The van der Waals surface area contributed by atoms with Crippen molar-refractivity contribution in [2.24, 2.45) is 5.73 Å². The summed E-state index contributed by atoms with van der Waals surface area (Å²) in [6, 6.07) is 12.2. The minimum Gasteiger partial charge on any atom is -0.487 e. The van der Waals surface area contributed by atoms with Gasteiger partial charge in [0, 0.05) is 24.2 Å². The molecule has 0 bridgehead atoms. The van der Waals surface area contributed by atoms with Gasteiger partial charge in [0.2, 0.25) is 5.91 Å². The second-order valence-corrected chi connectivity index (χ2v) is 6.42. The van der Waals surface area contributed by atoms with Crippen LogP contribution in [0.15, 0.2) is 61.1 Å². The van der Waals surface area contributed by atoms with Crippen LogP contribution in [-0.2, 0) is 4.79 Å². The smallest absolute Gasteiger partial charge is 0.273 e. The van der Waals surface area contributed by atoms with Crippen LogP contribution in [0, 0.1) is 0 Å². The summed E-state index contributed by atoms with van der Waals surface area (Å²) in [6.45, 7) is 0.256. The van der Waals surface area contributed by atoms with Crippen LogP contribution in [0.1, 0.15) is 16.9 Å². The number of nitrogens with zero attached hydrogens (tertiary/aromatic N) is 3. The number of hydrogen-bond donors (Lipinski definition) is 1. The minimum absolute atomic E-state index is 0.256. The first kappa shape index (κ1) is 17.0. The zero-order valence-electron chi connectivity index (χ0n) is 14.5. The van der Waals surface area contributed by atoms with Crippen molar-refractivity contribution < 1.29 is 14.3 Å². The number of ether oxygens (including phenoxy) is 1. The van der Waals surface area contributed by atoms with E-state index in [1.54, 1.807) is 30.7 Å². The molecule has 7 nitrogen and oxygen atoms in total. The number of amides is 2. The van der Waals surface area contributed by atoms with Gasteiger partial charge >= 0.3 is 0 Å². The normalized spacial score (nSPS) is 19.2. The van der Waals surface area contributed by atoms with Gasteiger partial charge in [-0.25, -0.2) is 0 Å². The van der Waals surface area contributed by atoms with Crippen LogP contribution in [0.4, 0.5) is 0 Å². The highest BCUT2D eigenvalue weighted by Crippen LogP contribution is 2.26. The standard InChI is InChI=1S/C20H18N4O3/c21-19(25)17-10-15(27-14-5-3-8-22-11-14)12-24(17)20(26)18-16-6-2-1-4-13(16)7-9-23-18/h1-9,11,15,17H,10,12H2,(H2,21,25)/t15-,17-/m0/s1. The van der Waals surface area contributed by atoms with Crippen molar-refractivity contribution in [2.75, 3.05) is 6.54 Å². The van der Waals surface area contributed by atoms with Gasteiger partial charge in [-0.05, 0) is 23.6 Å². The van der Waals surface area contributed by atoms with Crippen LogP contribution in [0.2, 0.25) is 0 Å². The third-order valence-corrected chi connectivity index (χ3v) is 4.67. The van der Waals surface area contributed by atoms with Gasteiger partial charge in [0.25, 0.3) is 5.91 Å². The van der Waals surface area contributed by atoms with Crippen LogP contribution in [0.25, 0.3) is 10.8 Å². The monoisotopic (exact) mass is 362 g/mol. The second-order valence-electron chi connectivity index (χ2n) is 6.42. The molecular weight excluding hydrogens is 344 g/mol. The number of rotatable bonds is 4. The molecule has 4 rings (SSSR count). The summed E-state index contributed by atoms with van der Waals surface area (Å²) in [5.74, 6) is -0.294. The lowest BCUT2D eigenvalue weighted by Crippen LogP contribution is -2.44. The number of aromatic nitrogens is 2. The van der Waals surface area contributed by atoms with E-state index in [0.717, 1.165) is 10.8 Å². The number of fused-ring (bicyclic) bond motifs is 1. The number of pyridine rings is 2. The molecule has 2 atom stereocenters. The topological polar surface area (TPSA) is 98.4 Å². The molecule has 3 heterocycles. The summed E-state index contributed by atoms with van der Waals surface area (Å²) >= 11 is 0. The Balaban J connectivity index is 1.62. The molecule has 1 fully saturated rings. The Hall–Kier alpha value is -3.48.